The van der Waals surface area contributed by atoms with Crippen molar-refractivity contribution < 1.29 is 71.8 Å². The van der Waals surface area contributed by atoms with Gasteiger partial charge in [0.15, 0.2) is 34.5 Å². The molecule has 1 heterocycles. The Hall–Kier alpha value is -9.19. The fourth-order valence-corrected chi connectivity index (χ4v) is 5.97. The lowest BCUT2D eigenvalue weighted by Crippen LogP contribution is -2.32. The number of aromatic hydroxyl groups is 2. The van der Waals surface area contributed by atoms with Crippen molar-refractivity contribution in [1.29, 1.82) is 5.26 Å². The number of carboxylic acid groups (broad SMARTS) is 1. The number of carboxylic acids is 1. The van der Waals surface area contributed by atoms with Gasteiger partial charge in [0.25, 0.3) is 23.6 Å². The number of amides is 5. The lowest BCUT2D eigenvalue weighted by atomic mass is 10.1. The molecule has 0 aliphatic carbocycles. The smallest absolute Gasteiger partial charge is 0.504 e. The molecule has 5 aromatic rings. The number of phenols is 2. The number of aromatic carboxylic acids is 1. The molecule has 340 valence electrons. The summed E-state index contributed by atoms with van der Waals surface area (Å²) < 4.78 is 45.8. The summed E-state index contributed by atoms with van der Waals surface area (Å²) in [6, 6.07) is 22.1. The minimum Gasteiger partial charge on any atom is -0.504 e. The number of hydrogen-bond acceptors (Lipinski definition) is 13. The minimum atomic E-state index is -3.77. The van der Waals surface area contributed by atoms with Crippen molar-refractivity contribution in [3.05, 3.63) is 124 Å². The Morgan fingerprint density at radius 1 is 0.697 bits per heavy atom. The second kappa shape index (κ2) is 20.8. The van der Waals surface area contributed by atoms with E-state index in [1.807, 2.05) is 0 Å². The predicted octanol–water partition coefficient (Wildman–Crippen LogP) is 6.58. The first-order valence-electron chi connectivity index (χ1n) is 19.0. The number of phenolic OH excluding ortho intramolecular Hbond substituents is 1. The molecule has 19 nitrogen and oxygen atoms in total. The summed E-state index contributed by atoms with van der Waals surface area (Å²) in [6.07, 6.45) is -2.30. The number of methoxy groups -OCH3 is 2. The molecule has 0 saturated heterocycles. The zero-order valence-electron chi connectivity index (χ0n) is 35.1. The van der Waals surface area contributed by atoms with Crippen LogP contribution in [0, 0.1) is 11.3 Å². The number of hydrogen-bond donors (Lipinski definition) is 8. The molecular formula is C45H38F2N6O13. The van der Waals surface area contributed by atoms with Gasteiger partial charge in [-0.15, -0.1) is 8.78 Å². The molecular weight excluding hydrogens is 871 g/mol. The maximum absolute atomic E-state index is 13.3. The van der Waals surface area contributed by atoms with Crippen molar-refractivity contribution in [2.24, 2.45) is 0 Å². The topological polar surface area (TPSA) is 284 Å². The van der Waals surface area contributed by atoms with Gasteiger partial charge in [-0.2, -0.15) is 5.26 Å². The lowest BCUT2D eigenvalue weighted by molar-refractivity contribution is -0.286. The van der Waals surface area contributed by atoms with Gasteiger partial charge in [-0.1, -0.05) is 6.07 Å². The zero-order chi connectivity index (χ0) is 48.3. The van der Waals surface area contributed by atoms with E-state index >= 15 is 0 Å². The first-order valence-corrected chi connectivity index (χ1v) is 19.0. The zero-order valence-corrected chi connectivity index (χ0v) is 35.1. The molecule has 0 saturated carbocycles. The van der Waals surface area contributed by atoms with Crippen LogP contribution in [0.3, 0.4) is 0 Å². The Morgan fingerprint density at radius 2 is 1.20 bits per heavy atom. The number of halogens is 2. The average molecular weight is 909 g/mol. The third-order valence-corrected chi connectivity index (χ3v) is 9.05. The highest BCUT2D eigenvalue weighted by molar-refractivity contribution is 6.11. The van der Waals surface area contributed by atoms with E-state index in [-0.39, 0.29) is 56.6 Å². The summed E-state index contributed by atoms with van der Waals surface area (Å²) in [7, 11) is 2.35. The highest BCUT2D eigenvalue weighted by Gasteiger charge is 2.43. The number of carbonyl (C=O) groups excluding carboxylic acids is 5. The number of alkyl halides is 2. The fraction of sp³-hybridized carbons (Fsp3) is 0.133. The molecule has 66 heavy (non-hydrogen) atoms. The molecule has 8 N–H and O–H groups in total. The molecule has 1 aliphatic heterocycles. The van der Waals surface area contributed by atoms with E-state index in [1.54, 1.807) is 6.07 Å². The average Bonchev–Trinajstić information content (AvgIpc) is 3.59. The molecule has 0 atom stereocenters. The number of nitrogens with zero attached hydrogens (tertiary/aromatic N) is 1. The number of anilines is 4. The number of nitriles is 1. The molecule has 0 bridgehead atoms. The predicted molar refractivity (Wildman–Crippen MR) is 232 cm³/mol. The standard InChI is InChI=1S/C43H35F2N5O13.C2H3N/c1-21(18-22-4-17-31-32(19-22)63-43(44,45)62-31)38(54)48-26-11-5-23(6-12-26)39(55)46-20-33(51)47-25-9-7-24(8-10-25)40(56)49-29-15-13-27(34(52)36(29)60-2)41(57)50-30-16-14-28(42(58)59)35(53)37(30)61-3;1-2-3/h4-19,52-53H,20H2,1-3H3,(H,46,55)(H,47,51)(H,48,54)(H,49,56)(H,50,57)(H,58,59);1H3/b21-18+;. The Morgan fingerprint density at radius 3 is 1.76 bits per heavy atom. The Labute approximate surface area is 373 Å². The molecule has 6 rings (SSSR count). The monoisotopic (exact) mass is 908 g/mol. The second-order valence-electron chi connectivity index (χ2n) is 13.6. The Kier molecular flexibility index (Phi) is 15.1. The van der Waals surface area contributed by atoms with Gasteiger partial charge in [0, 0.05) is 35.0 Å². The fourth-order valence-electron chi connectivity index (χ4n) is 5.97. The highest BCUT2D eigenvalue weighted by Crippen LogP contribution is 2.42. The van der Waals surface area contributed by atoms with Crippen LogP contribution in [0.4, 0.5) is 31.5 Å². The maximum atomic E-state index is 13.3. The van der Waals surface area contributed by atoms with Gasteiger partial charge in [-0.05, 0) is 103 Å². The number of rotatable bonds is 14. The van der Waals surface area contributed by atoms with E-state index in [2.05, 4.69) is 36.1 Å². The third kappa shape index (κ3) is 11.6. The largest absolute Gasteiger partial charge is 0.586 e. The van der Waals surface area contributed by atoms with E-state index in [1.165, 1.54) is 112 Å². The summed E-state index contributed by atoms with van der Waals surface area (Å²) in [5.41, 5.74) is 0.777. The Balaban J connectivity index is 0.00000265. The number of ether oxygens (including phenoxy) is 4. The summed E-state index contributed by atoms with van der Waals surface area (Å²) in [5, 5.41) is 50.5. The van der Waals surface area contributed by atoms with Crippen LogP contribution in [0.1, 0.15) is 60.8 Å². The molecule has 1 aliphatic rings. The Bertz CT molecular complexity index is 2790. The van der Waals surface area contributed by atoms with Gasteiger partial charge in [-0.25, -0.2) is 4.79 Å². The lowest BCUT2D eigenvalue weighted by Gasteiger charge is -2.16. The van der Waals surface area contributed by atoms with E-state index in [0.717, 1.165) is 13.2 Å². The van der Waals surface area contributed by atoms with E-state index in [0.29, 0.717) is 16.9 Å². The normalized spacial score (nSPS) is 11.9. The maximum Gasteiger partial charge on any atom is 0.586 e. The molecule has 0 fully saturated rings. The molecule has 0 unspecified atom stereocenters. The number of nitrogens with one attached hydrogen (secondary N) is 5. The number of fused-ring (bicyclic) bond motifs is 1. The molecule has 0 aromatic heterocycles. The molecule has 0 radical (unpaired) electrons. The van der Waals surface area contributed by atoms with Crippen molar-refractivity contribution >= 4 is 64.3 Å². The quantitative estimate of drug-likeness (QED) is 0.0547. The van der Waals surface area contributed by atoms with Crippen LogP contribution < -0.4 is 45.5 Å². The molecule has 21 heteroatoms. The van der Waals surface area contributed by atoms with E-state index < -0.39 is 65.4 Å². The number of benzene rings is 5. The summed E-state index contributed by atoms with van der Waals surface area (Å²) in [6.45, 7) is 2.54. The summed E-state index contributed by atoms with van der Waals surface area (Å²) in [4.78, 5) is 75.6. The van der Waals surface area contributed by atoms with Crippen LogP contribution in [0.15, 0.2) is 96.6 Å². The van der Waals surface area contributed by atoms with Crippen LogP contribution in [-0.2, 0) is 9.59 Å². The van der Waals surface area contributed by atoms with E-state index in [9.17, 15) is 52.9 Å². The van der Waals surface area contributed by atoms with Gasteiger partial charge < -0.3 is 60.9 Å². The first kappa shape index (κ1) is 47.9. The summed E-state index contributed by atoms with van der Waals surface area (Å²) >= 11 is 0. The second-order valence-corrected chi connectivity index (χ2v) is 13.6. The van der Waals surface area contributed by atoms with Crippen molar-refractivity contribution in [1.82, 2.24) is 5.32 Å². The van der Waals surface area contributed by atoms with Crippen LogP contribution in [0.25, 0.3) is 6.08 Å². The van der Waals surface area contributed by atoms with Gasteiger partial charge in [0.05, 0.1) is 43.8 Å². The van der Waals surface area contributed by atoms with Gasteiger partial charge in [-0.3, -0.25) is 24.0 Å². The third-order valence-electron chi connectivity index (χ3n) is 9.05. The highest BCUT2D eigenvalue weighted by atomic mass is 19.3. The van der Waals surface area contributed by atoms with Gasteiger partial charge >= 0.3 is 12.3 Å². The van der Waals surface area contributed by atoms with Crippen LogP contribution in [0.5, 0.6) is 34.5 Å². The SMILES string of the molecule is CC#N.COc1c(NC(=O)c2ccc(NC(=O)c3ccc(NC(=O)CNC(=O)c4ccc(NC(=O)/C(C)=C/c5ccc6c(c5)OC(F)(F)O6)cc4)cc3)c(OC)c2O)ccc(C(=O)O)c1O. The van der Waals surface area contributed by atoms with E-state index in [4.69, 9.17) is 14.7 Å². The van der Waals surface area contributed by atoms with Crippen LogP contribution >= 0.6 is 0 Å². The van der Waals surface area contributed by atoms with Gasteiger partial charge in [0.1, 0.15) is 5.56 Å². The van der Waals surface area contributed by atoms with Crippen LogP contribution in [-0.4, -0.2) is 77.9 Å². The first-order chi connectivity index (χ1) is 31.4. The van der Waals surface area contributed by atoms with Gasteiger partial charge in [0.2, 0.25) is 5.91 Å². The van der Waals surface area contributed by atoms with Crippen molar-refractivity contribution in [3.63, 3.8) is 0 Å². The minimum absolute atomic E-state index is 0.00799. The van der Waals surface area contributed by atoms with Crippen molar-refractivity contribution in [2.45, 2.75) is 20.1 Å². The molecule has 5 aromatic carbocycles. The number of carbonyl (C=O) groups is 6. The van der Waals surface area contributed by atoms with Crippen molar-refractivity contribution in [3.8, 4) is 40.6 Å². The van der Waals surface area contributed by atoms with Crippen LogP contribution in [0.2, 0.25) is 0 Å². The van der Waals surface area contributed by atoms with Crippen molar-refractivity contribution in [2.75, 3.05) is 42.0 Å². The molecule has 0 spiro atoms. The molecule has 5 amide bonds. The summed E-state index contributed by atoms with van der Waals surface area (Å²) in [5.74, 6) is -6.87.